The molecule has 2 aromatic rings. The monoisotopic (exact) mass is 252 g/mol. The molecular weight excluding hydrogens is 238 g/mol. The first-order valence-corrected chi connectivity index (χ1v) is 5.69. The zero-order valence-electron chi connectivity index (χ0n) is 10.0. The van der Waals surface area contributed by atoms with Crippen molar-refractivity contribution in [2.24, 2.45) is 5.73 Å². The van der Waals surface area contributed by atoms with Gasteiger partial charge in [-0.3, -0.25) is 0 Å². The highest BCUT2D eigenvalue weighted by molar-refractivity contribution is 5.38. The first-order valence-electron chi connectivity index (χ1n) is 5.69. The van der Waals surface area contributed by atoms with Gasteiger partial charge in [-0.05, 0) is 37.9 Å². The van der Waals surface area contributed by atoms with Crippen LogP contribution in [0.5, 0.6) is 0 Å². The Bertz CT molecular complexity index is 551. The Hall–Kier alpha value is -1.82. The van der Waals surface area contributed by atoms with Crippen LogP contribution in [0.4, 0.5) is 8.78 Å². The van der Waals surface area contributed by atoms with E-state index >= 15 is 0 Å². The fourth-order valence-electron chi connectivity index (χ4n) is 1.66. The quantitative estimate of drug-likeness (QED) is 0.901. The van der Waals surface area contributed by atoms with Gasteiger partial charge in [-0.1, -0.05) is 11.3 Å². The molecule has 4 nitrogen and oxygen atoms in total. The van der Waals surface area contributed by atoms with Crippen LogP contribution in [0.2, 0.25) is 0 Å². The van der Waals surface area contributed by atoms with Crippen molar-refractivity contribution in [3.63, 3.8) is 0 Å². The summed E-state index contributed by atoms with van der Waals surface area (Å²) in [4.78, 5) is 0. The van der Waals surface area contributed by atoms with Gasteiger partial charge in [-0.2, -0.15) is 0 Å². The van der Waals surface area contributed by atoms with E-state index in [9.17, 15) is 8.78 Å². The number of hydrogen-bond donors (Lipinski definition) is 1. The number of rotatable bonds is 4. The van der Waals surface area contributed by atoms with Gasteiger partial charge < -0.3 is 5.73 Å². The molecule has 0 aliphatic heterocycles. The lowest BCUT2D eigenvalue weighted by molar-refractivity contribution is 0.551. The Kier molecular flexibility index (Phi) is 3.66. The Labute approximate surface area is 103 Å². The molecule has 96 valence electrons. The van der Waals surface area contributed by atoms with E-state index in [0.717, 1.165) is 11.1 Å². The molecule has 0 unspecified atom stereocenters. The molecule has 0 saturated carbocycles. The van der Waals surface area contributed by atoms with Crippen LogP contribution < -0.4 is 5.73 Å². The summed E-state index contributed by atoms with van der Waals surface area (Å²) in [6.45, 7) is 2.12. The van der Waals surface area contributed by atoms with Crippen molar-refractivity contribution in [1.82, 2.24) is 15.0 Å². The summed E-state index contributed by atoms with van der Waals surface area (Å²) in [5.41, 5.74) is 6.23. The van der Waals surface area contributed by atoms with E-state index in [1.165, 1.54) is 18.3 Å². The molecule has 0 aliphatic rings. The van der Waals surface area contributed by atoms with Crippen LogP contribution in [-0.4, -0.2) is 21.5 Å². The zero-order chi connectivity index (χ0) is 13.1. The maximum atomic E-state index is 13.9. The van der Waals surface area contributed by atoms with E-state index in [1.54, 1.807) is 6.92 Å². The number of aromatic nitrogens is 3. The Morgan fingerprint density at radius 1 is 1.33 bits per heavy atom. The van der Waals surface area contributed by atoms with E-state index in [4.69, 9.17) is 5.73 Å². The fraction of sp³-hybridized carbons (Fsp3) is 0.333. The summed E-state index contributed by atoms with van der Waals surface area (Å²) in [6.07, 6.45) is 2.93. The molecular formula is C12H14F2N4. The highest BCUT2D eigenvalue weighted by atomic mass is 19.1. The minimum atomic E-state index is -0.659. The number of halogens is 2. The maximum absolute atomic E-state index is 13.9. The minimum absolute atomic E-state index is 0.193. The second kappa shape index (κ2) is 5.22. The van der Waals surface area contributed by atoms with E-state index in [2.05, 4.69) is 10.3 Å². The van der Waals surface area contributed by atoms with Crippen LogP contribution in [0, 0.1) is 18.6 Å². The summed E-state index contributed by atoms with van der Waals surface area (Å²) in [6, 6.07) is 2.61. The lowest BCUT2D eigenvalue weighted by Crippen LogP contribution is -2.04. The van der Waals surface area contributed by atoms with Crippen LogP contribution in [0.3, 0.4) is 0 Å². The summed E-state index contributed by atoms with van der Waals surface area (Å²) in [5, 5.41) is 7.61. The van der Waals surface area contributed by atoms with Crippen molar-refractivity contribution in [3.8, 4) is 5.69 Å². The molecule has 0 saturated heterocycles. The average molecular weight is 252 g/mol. The number of nitrogens with two attached hydrogens (primary N) is 1. The highest BCUT2D eigenvalue weighted by Crippen LogP contribution is 2.20. The highest BCUT2D eigenvalue weighted by Gasteiger charge is 2.15. The average Bonchev–Trinajstić information content (AvgIpc) is 2.80. The SMILES string of the molecule is Cc1ccc(F)c(-n2cc(CCCN)nn2)c1F. The van der Waals surface area contributed by atoms with Gasteiger partial charge in [-0.25, -0.2) is 13.5 Å². The molecule has 0 bridgehead atoms. The summed E-state index contributed by atoms with van der Waals surface area (Å²) in [5.74, 6) is -1.28. The van der Waals surface area contributed by atoms with Gasteiger partial charge in [0.1, 0.15) is 5.69 Å². The van der Waals surface area contributed by atoms with Gasteiger partial charge >= 0.3 is 0 Å². The minimum Gasteiger partial charge on any atom is -0.330 e. The first kappa shape index (κ1) is 12.6. The van der Waals surface area contributed by atoms with Crippen molar-refractivity contribution < 1.29 is 8.78 Å². The third kappa shape index (κ3) is 2.38. The Morgan fingerprint density at radius 3 is 2.83 bits per heavy atom. The number of benzene rings is 1. The third-order valence-corrected chi connectivity index (χ3v) is 2.67. The van der Waals surface area contributed by atoms with Crippen molar-refractivity contribution in [2.75, 3.05) is 6.54 Å². The predicted octanol–water partition coefficient (Wildman–Crippen LogP) is 1.75. The van der Waals surface area contributed by atoms with Crippen LogP contribution in [0.25, 0.3) is 5.69 Å². The van der Waals surface area contributed by atoms with Gasteiger partial charge in [0.15, 0.2) is 11.6 Å². The molecule has 1 aromatic carbocycles. The topological polar surface area (TPSA) is 56.7 Å². The molecule has 0 amide bonds. The summed E-state index contributed by atoms with van der Waals surface area (Å²) < 4.78 is 28.6. The van der Waals surface area contributed by atoms with E-state index in [1.807, 2.05) is 0 Å². The molecule has 1 heterocycles. The molecule has 0 fully saturated rings. The molecule has 0 radical (unpaired) electrons. The van der Waals surface area contributed by atoms with Gasteiger partial charge in [-0.15, -0.1) is 5.10 Å². The first-order chi connectivity index (χ1) is 8.63. The number of hydrogen-bond acceptors (Lipinski definition) is 3. The molecule has 18 heavy (non-hydrogen) atoms. The molecule has 2 N–H and O–H groups in total. The smallest absolute Gasteiger partial charge is 0.154 e. The van der Waals surface area contributed by atoms with Gasteiger partial charge in [0.2, 0.25) is 0 Å². The van der Waals surface area contributed by atoms with Gasteiger partial charge in [0.05, 0.1) is 11.9 Å². The molecule has 0 spiro atoms. The Balaban J connectivity index is 2.37. The van der Waals surface area contributed by atoms with E-state index in [0.29, 0.717) is 24.2 Å². The lowest BCUT2D eigenvalue weighted by atomic mass is 10.2. The van der Waals surface area contributed by atoms with Gasteiger partial charge in [0.25, 0.3) is 0 Å². The number of nitrogens with zero attached hydrogens (tertiary/aromatic N) is 3. The van der Waals surface area contributed by atoms with E-state index < -0.39 is 11.6 Å². The Morgan fingerprint density at radius 2 is 2.11 bits per heavy atom. The van der Waals surface area contributed by atoms with Gasteiger partial charge in [0, 0.05) is 0 Å². The second-order valence-corrected chi connectivity index (χ2v) is 4.07. The normalized spacial score (nSPS) is 10.9. The standard InChI is InChI=1S/C12H14F2N4/c1-8-4-5-10(13)12(11(8)14)18-7-9(16-17-18)3-2-6-15/h4-5,7H,2-3,6,15H2,1H3. The van der Waals surface area contributed by atoms with Crippen molar-refractivity contribution in [1.29, 1.82) is 0 Å². The van der Waals surface area contributed by atoms with Crippen molar-refractivity contribution in [3.05, 3.63) is 41.2 Å². The lowest BCUT2D eigenvalue weighted by Gasteiger charge is -2.05. The zero-order valence-corrected chi connectivity index (χ0v) is 10.0. The predicted molar refractivity (Wildman–Crippen MR) is 63.4 cm³/mol. The summed E-state index contributed by atoms with van der Waals surface area (Å²) >= 11 is 0. The van der Waals surface area contributed by atoms with Crippen molar-refractivity contribution in [2.45, 2.75) is 19.8 Å². The van der Waals surface area contributed by atoms with Crippen molar-refractivity contribution >= 4 is 0 Å². The molecule has 1 aromatic heterocycles. The molecule has 2 rings (SSSR count). The summed E-state index contributed by atoms with van der Waals surface area (Å²) in [7, 11) is 0. The second-order valence-electron chi connectivity index (χ2n) is 4.07. The number of aryl methyl sites for hydroxylation is 2. The largest absolute Gasteiger partial charge is 0.330 e. The van der Waals surface area contributed by atoms with Crippen LogP contribution in [0.1, 0.15) is 17.7 Å². The molecule has 6 heteroatoms. The molecule has 0 atom stereocenters. The van der Waals surface area contributed by atoms with Crippen LogP contribution >= 0.6 is 0 Å². The van der Waals surface area contributed by atoms with Crippen LogP contribution in [0.15, 0.2) is 18.3 Å². The maximum Gasteiger partial charge on any atom is 0.154 e. The van der Waals surface area contributed by atoms with Crippen LogP contribution in [-0.2, 0) is 6.42 Å². The van der Waals surface area contributed by atoms with E-state index in [-0.39, 0.29) is 5.69 Å². The molecule has 0 aliphatic carbocycles. The third-order valence-electron chi connectivity index (χ3n) is 2.67. The fourth-order valence-corrected chi connectivity index (χ4v) is 1.66.